The van der Waals surface area contributed by atoms with Crippen LogP contribution in [0.25, 0.3) is 0 Å². The average Bonchev–Trinajstić information content (AvgIpc) is 2.41. The largest absolute Gasteiger partial charge is 0.486 e. The van der Waals surface area contributed by atoms with Gasteiger partial charge in [0.2, 0.25) is 0 Å². The second-order valence-electron chi connectivity index (χ2n) is 4.24. The van der Waals surface area contributed by atoms with Crippen LogP contribution in [0.4, 0.5) is 10.1 Å². The van der Waals surface area contributed by atoms with E-state index < -0.39 is 5.82 Å². The van der Waals surface area contributed by atoms with Crippen LogP contribution in [0.1, 0.15) is 16.7 Å². The summed E-state index contributed by atoms with van der Waals surface area (Å²) in [6, 6.07) is 11.9. The summed E-state index contributed by atoms with van der Waals surface area (Å²) in [4.78, 5) is 0. The number of nitrogen functional groups attached to an aromatic ring is 1. The molecule has 0 amide bonds. The van der Waals surface area contributed by atoms with Crippen molar-refractivity contribution in [2.75, 3.05) is 5.73 Å². The van der Waals surface area contributed by atoms with Crippen LogP contribution >= 0.6 is 0 Å². The summed E-state index contributed by atoms with van der Waals surface area (Å²) >= 11 is 0. The molecule has 0 aromatic heterocycles. The maximum Gasteiger partial charge on any atom is 0.167 e. The molecule has 0 fully saturated rings. The fourth-order valence-corrected chi connectivity index (χ4v) is 1.67. The van der Waals surface area contributed by atoms with Crippen molar-refractivity contribution in [3.8, 4) is 11.8 Å². The van der Waals surface area contributed by atoms with E-state index in [-0.39, 0.29) is 12.4 Å². The van der Waals surface area contributed by atoms with Crippen molar-refractivity contribution < 1.29 is 9.13 Å². The van der Waals surface area contributed by atoms with Gasteiger partial charge >= 0.3 is 0 Å². The molecule has 0 aliphatic carbocycles. The second kappa shape index (κ2) is 5.40. The van der Waals surface area contributed by atoms with Gasteiger partial charge in [-0.25, -0.2) is 4.39 Å². The van der Waals surface area contributed by atoms with E-state index in [9.17, 15) is 4.39 Å². The first-order chi connectivity index (χ1) is 9.10. The number of benzene rings is 2. The Morgan fingerprint density at radius 2 is 2.11 bits per heavy atom. The topological polar surface area (TPSA) is 59.0 Å². The van der Waals surface area contributed by atoms with E-state index in [0.717, 1.165) is 11.1 Å². The van der Waals surface area contributed by atoms with Crippen LogP contribution in [0.3, 0.4) is 0 Å². The number of halogens is 1. The number of nitrogens with zero attached hydrogens (tertiary/aromatic N) is 1. The van der Waals surface area contributed by atoms with E-state index in [1.54, 1.807) is 31.2 Å². The molecule has 0 aliphatic rings. The molecule has 0 spiro atoms. The summed E-state index contributed by atoms with van der Waals surface area (Å²) in [5, 5.41) is 8.79. The molecule has 4 heteroatoms. The van der Waals surface area contributed by atoms with Crippen LogP contribution in [0.5, 0.6) is 5.75 Å². The van der Waals surface area contributed by atoms with Gasteiger partial charge in [-0.3, -0.25) is 0 Å². The quantitative estimate of drug-likeness (QED) is 0.858. The van der Waals surface area contributed by atoms with Gasteiger partial charge in [0.15, 0.2) is 11.6 Å². The Hall–Kier alpha value is -2.54. The predicted molar refractivity (Wildman–Crippen MR) is 71.0 cm³/mol. The fourth-order valence-electron chi connectivity index (χ4n) is 1.67. The van der Waals surface area contributed by atoms with Crippen LogP contribution in [-0.4, -0.2) is 0 Å². The van der Waals surface area contributed by atoms with Gasteiger partial charge < -0.3 is 10.5 Å². The van der Waals surface area contributed by atoms with E-state index in [2.05, 4.69) is 0 Å². The Morgan fingerprint density at radius 1 is 1.32 bits per heavy atom. The lowest BCUT2D eigenvalue weighted by Gasteiger charge is -2.09. The molecule has 0 atom stereocenters. The van der Waals surface area contributed by atoms with E-state index in [4.69, 9.17) is 15.7 Å². The summed E-state index contributed by atoms with van der Waals surface area (Å²) in [6.45, 7) is 1.99. The summed E-state index contributed by atoms with van der Waals surface area (Å²) in [5.74, 6) is -0.325. The molecule has 2 aromatic carbocycles. The number of anilines is 1. The van der Waals surface area contributed by atoms with Crippen molar-refractivity contribution in [2.24, 2.45) is 0 Å². The highest BCUT2D eigenvalue weighted by Gasteiger charge is 2.07. The second-order valence-corrected chi connectivity index (χ2v) is 4.24. The molecule has 2 rings (SSSR count). The number of hydrogen-bond donors (Lipinski definition) is 1. The van der Waals surface area contributed by atoms with Gasteiger partial charge in [-0.05, 0) is 36.2 Å². The highest BCUT2D eigenvalue weighted by atomic mass is 19.1. The van der Waals surface area contributed by atoms with Gasteiger partial charge in [0.25, 0.3) is 0 Å². The number of rotatable bonds is 3. The molecule has 0 heterocycles. The molecule has 0 bridgehead atoms. The van der Waals surface area contributed by atoms with Gasteiger partial charge in [0, 0.05) is 11.8 Å². The minimum atomic E-state index is -0.487. The van der Waals surface area contributed by atoms with Crippen LogP contribution < -0.4 is 10.5 Å². The molecule has 2 aromatic rings. The van der Waals surface area contributed by atoms with Crippen LogP contribution in [0, 0.1) is 24.1 Å². The smallest absolute Gasteiger partial charge is 0.167 e. The maximum atomic E-state index is 13.6. The average molecular weight is 256 g/mol. The molecular formula is C15H13FN2O. The third-order valence-corrected chi connectivity index (χ3v) is 2.77. The third kappa shape index (κ3) is 3.02. The van der Waals surface area contributed by atoms with Gasteiger partial charge in [-0.15, -0.1) is 0 Å². The Morgan fingerprint density at radius 3 is 2.84 bits per heavy atom. The maximum absolute atomic E-state index is 13.6. The first-order valence-electron chi connectivity index (χ1n) is 5.77. The normalized spacial score (nSPS) is 9.95. The Labute approximate surface area is 111 Å². The summed E-state index contributed by atoms with van der Waals surface area (Å²) in [6.07, 6.45) is 0. The first kappa shape index (κ1) is 12.9. The highest BCUT2D eigenvalue weighted by Crippen LogP contribution is 2.24. The van der Waals surface area contributed by atoms with Crippen LogP contribution in [0.2, 0.25) is 0 Å². The first-order valence-corrected chi connectivity index (χ1v) is 5.77. The molecule has 96 valence electrons. The molecule has 3 nitrogen and oxygen atoms in total. The van der Waals surface area contributed by atoms with Crippen LogP contribution in [0.15, 0.2) is 36.4 Å². The van der Waals surface area contributed by atoms with Crippen molar-refractivity contribution in [1.82, 2.24) is 0 Å². The summed E-state index contributed by atoms with van der Waals surface area (Å²) < 4.78 is 19.0. The standard InChI is InChI=1S/C15H13FN2O/c1-10-5-15(13(16)7-14(10)18)19-9-12-4-2-3-11(6-12)8-17/h2-7H,9,18H2,1H3. The van der Waals surface area contributed by atoms with Gasteiger partial charge in [0.1, 0.15) is 6.61 Å². The van der Waals surface area contributed by atoms with Gasteiger partial charge in [-0.2, -0.15) is 5.26 Å². The SMILES string of the molecule is Cc1cc(OCc2cccc(C#N)c2)c(F)cc1N. The fraction of sp³-hybridized carbons (Fsp3) is 0.133. The zero-order chi connectivity index (χ0) is 13.8. The molecule has 0 aliphatic heterocycles. The molecule has 2 N–H and O–H groups in total. The Kier molecular flexibility index (Phi) is 3.67. The zero-order valence-corrected chi connectivity index (χ0v) is 10.5. The Bertz CT molecular complexity index is 647. The van der Waals surface area contributed by atoms with Crippen molar-refractivity contribution in [1.29, 1.82) is 5.26 Å². The summed E-state index contributed by atoms with van der Waals surface area (Å²) in [5.41, 5.74) is 8.13. The minimum Gasteiger partial charge on any atom is -0.486 e. The Balaban J connectivity index is 2.14. The monoisotopic (exact) mass is 256 g/mol. The van der Waals surface area contributed by atoms with Crippen molar-refractivity contribution in [3.05, 3.63) is 58.9 Å². The summed E-state index contributed by atoms with van der Waals surface area (Å²) in [7, 11) is 0. The predicted octanol–water partition coefficient (Wildman–Crippen LogP) is 3.17. The number of aryl methyl sites for hydroxylation is 1. The minimum absolute atomic E-state index is 0.161. The van der Waals surface area contributed by atoms with Crippen molar-refractivity contribution in [3.63, 3.8) is 0 Å². The molecule has 19 heavy (non-hydrogen) atoms. The van der Waals surface area contributed by atoms with E-state index in [0.29, 0.717) is 11.3 Å². The molecule has 0 unspecified atom stereocenters. The molecule has 0 radical (unpaired) electrons. The lowest BCUT2D eigenvalue weighted by Crippen LogP contribution is -2.00. The molecule has 0 saturated carbocycles. The lowest BCUT2D eigenvalue weighted by atomic mass is 10.1. The van der Waals surface area contributed by atoms with E-state index in [1.807, 2.05) is 12.1 Å². The number of nitrogens with two attached hydrogens (primary N) is 1. The third-order valence-electron chi connectivity index (χ3n) is 2.77. The van der Waals surface area contributed by atoms with Crippen molar-refractivity contribution in [2.45, 2.75) is 13.5 Å². The lowest BCUT2D eigenvalue weighted by molar-refractivity contribution is 0.290. The van der Waals surface area contributed by atoms with E-state index >= 15 is 0 Å². The van der Waals surface area contributed by atoms with Gasteiger partial charge in [-0.1, -0.05) is 12.1 Å². The molecule has 0 saturated heterocycles. The highest BCUT2D eigenvalue weighted by molar-refractivity contribution is 5.50. The van der Waals surface area contributed by atoms with Gasteiger partial charge in [0.05, 0.1) is 11.6 Å². The van der Waals surface area contributed by atoms with Crippen molar-refractivity contribution >= 4 is 5.69 Å². The van der Waals surface area contributed by atoms with E-state index in [1.165, 1.54) is 6.07 Å². The number of nitriles is 1. The van der Waals surface area contributed by atoms with Crippen LogP contribution in [-0.2, 0) is 6.61 Å². The zero-order valence-electron chi connectivity index (χ0n) is 10.5. The number of ether oxygens (including phenoxy) is 1. The molecular weight excluding hydrogens is 243 g/mol. The number of hydrogen-bond acceptors (Lipinski definition) is 3.